The molecule has 37 heavy (non-hydrogen) atoms. The maximum atomic E-state index is 12.2. The Hall–Kier alpha value is -3.07. The summed E-state index contributed by atoms with van der Waals surface area (Å²) in [5.41, 5.74) is 1.82. The lowest BCUT2D eigenvalue weighted by atomic mass is 9.87. The van der Waals surface area contributed by atoms with E-state index in [1.54, 1.807) is 19.0 Å². The number of hydrogen-bond acceptors (Lipinski definition) is 7. The second-order valence-electron chi connectivity index (χ2n) is 10.8. The molecule has 5 rings (SSSR count). The van der Waals surface area contributed by atoms with E-state index in [-0.39, 0.29) is 18.2 Å². The van der Waals surface area contributed by atoms with Gasteiger partial charge in [0.25, 0.3) is 0 Å². The number of urea groups is 1. The third-order valence-electron chi connectivity index (χ3n) is 7.54. The Labute approximate surface area is 219 Å². The van der Waals surface area contributed by atoms with Crippen LogP contribution in [0.2, 0.25) is 0 Å². The van der Waals surface area contributed by atoms with Crippen molar-refractivity contribution in [3.63, 3.8) is 0 Å². The predicted octanol–water partition coefficient (Wildman–Crippen LogP) is 4.44. The van der Waals surface area contributed by atoms with Gasteiger partial charge in [0, 0.05) is 45.7 Å². The number of rotatable bonds is 7. The molecule has 9 heteroatoms. The summed E-state index contributed by atoms with van der Waals surface area (Å²) in [4.78, 5) is 25.1. The minimum atomic E-state index is -0.00697. The average Bonchev–Trinajstić information content (AvgIpc) is 3.58. The standard InChI is InChI=1S/C28H39N5O4/c1-19-4-8-21(9-5-19)30-27-29-16-25(26(31-27)37-24-13-15-35-18-24)20-6-10-22(11-7-20)36-23-12-14-33(17-23)28(34)32(2)3/h6-7,10-11,16,19,21,23-24H,4-5,8-9,12-15,17-18H2,1-3H3,(H,29,30,31)/t19-,21+,23?,24-/m1/s1. The molecule has 9 nitrogen and oxygen atoms in total. The van der Waals surface area contributed by atoms with Crippen molar-refractivity contribution in [2.45, 2.75) is 63.7 Å². The summed E-state index contributed by atoms with van der Waals surface area (Å²) in [6.07, 6.45) is 8.27. The van der Waals surface area contributed by atoms with Gasteiger partial charge >= 0.3 is 6.03 Å². The highest BCUT2D eigenvalue weighted by molar-refractivity contribution is 5.74. The van der Waals surface area contributed by atoms with E-state index in [9.17, 15) is 4.79 Å². The molecule has 3 heterocycles. The first kappa shape index (κ1) is 25.6. The Balaban J connectivity index is 1.28. The molecule has 1 aliphatic carbocycles. The van der Waals surface area contributed by atoms with Crippen molar-refractivity contribution in [3.8, 4) is 22.8 Å². The first-order valence-electron chi connectivity index (χ1n) is 13.6. The molecule has 0 bridgehead atoms. The number of nitrogens with zero attached hydrogens (tertiary/aromatic N) is 4. The fraction of sp³-hybridized carbons (Fsp3) is 0.607. The van der Waals surface area contributed by atoms with E-state index in [1.165, 1.54) is 12.8 Å². The lowest BCUT2D eigenvalue weighted by molar-refractivity contribution is 0.138. The first-order valence-corrected chi connectivity index (χ1v) is 13.6. The molecule has 2 aromatic rings. The molecule has 1 aromatic heterocycles. The van der Waals surface area contributed by atoms with E-state index in [0.29, 0.717) is 44.2 Å². The second kappa shape index (κ2) is 11.5. The molecule has 3 aliphatic rings. The summed E-state index contributed by atoms with van der Waals surface area (Å²) in [5, 5.41) is 3.53. The molecule has 3 fully saturated rings. The van der Waals surface area contributed by atoms with Crippen molar-refractivity contribution < 1.29 is 19.0 Å². The van der Waals surface area contributed by atoms with Crippen LogP contribution >= 0.6 is 0 Å². The zero-order valence-corrected chi connectivity index (χ0v) is 22.2. The minimum Gasteiger partial charge on any atom is -0.489 e. The molecule has 2 atom stereocenters. The highest BCUT2D eigenvalue weighted by atomic mass is 16.5. The van der Waals surface area contributed by atoms with Gasteiger partial charge < -0.3 is 29.3 Å². The molecule has 1 unspecified atom stereocenters. The molecule has 2 aliphatic heterocycles. The summed E-state index contributed by atoms with van der Waals surface area (Å²) in [5.74, 6) is 2.78. The van der Waals surface area contributed by atoms with E-state index in [1.807, 2.05) is 35.4 Å². The first-order chi connectivity index (χ1) is 17.9. The maximum Gasteiger partial charge on any atom is 0.319 e. The van der Waals surface area contributed by atoms with Gasteiger partial charge in [-0.2, -0.15) is 4.98 Å². The Bertz CT molecular complexity index is 1050. The fourth-order valence-corrected chi connectivity index (χ4v) is 5.26. The van der Waals surface area contributed by atoms with Gasteiger partial charge in [-0.3, -0.25) is 0 Å². The molecule has 0 radical (unpaired) electrons. The maximum absolute atomic E-state index is 12.2. The molecule has 2 saturated heterocycles. The predicted molar refractivity (Wildman–Crippen MR) is 142 cm³/mol. The monoisotopic (exact) mass is 509 g/mol. The van der Waals surface area contributed by atoms with Crippen LogP contribution in [-0.2, 0) is 4.74 Å². The Kier molecular flexibility index (Phi) is 7.98. The SMILES string of the molecule is CN(C)C(=O)N1CCC(Oc2ccc(-c3cnc(N[C@H]4CC[C@@H](C)CC4)nc3O[C@@H]3CCOC3)cc2)C1. The molecular formula is C28H39N5O4. The largest absolute Gasteiger partial charge is 0.489 e. The highest BCUT2D eigenvalue weighted by Gasteiger charge is 2.28. The zero-order chi connectivity index (χ0) is 25.8. The van der Waals surface area contributed by atoms with Crippen LogP contribution < -0.4 is 14.8 Å². The average molecular weight is 510 g/mol. The van der Waals surface area contributed by atoms with Gasteiger partial charge in [0.15, 0.2) is 0 Å². The van der Waals surface area contributed by atoms with Gasteiger partial charge in [0.05, 0.1) is 25.3 Å². The van der Waals surface area contributed by atoms with Crippen LogP contribution in [0.3, 0.4) is 0 Å². The number of likely N-dealkylation sites (tertiary alicyclic amines) is 1. The van der Waals surface area contributed by atoms with Crippen LogP contribution in [0, 0.1) is 5.92 Å². The van der Waals surface area contributed by atoms with Gasteiger partial charge in [0.2, 0.25) is 11.8 Å². The van der Waals surface area contributed by atoms with E-state index >= 15 is 0 Å². The summed E-state index contributed by atoms with van der Waals surface area (Å²) in [6, 6.07) is 8.38. The number of carbonyl (C=O) groups is 1. The van der Waals surface area contributed by atoms with E-state index in [0.717, 1.165) is 48.5 Å². The lowest BCUT2D eigenvalue weighted by Gasteiger charge is -2.27. The van der Waals surface area contributed by atoms with Crippen LogP contribution in [0.25, 0.3) is 11.1 Å². The van der Waals surface area contributed by atoms with Gasteiger partial charge in [0.1, 0.15) is 18.0 Å². The van der Waals surface area contributed by atoms with Crippen LogP contribution in [-0.4, -0.2) is 84.4 Å². The van der Waals surface area contributed by atoms with Crippen molar-refractivity contribution in [2.24, 2.45) is 5.92 Å². The highest BCUT2D eigenvalue weighted by Crippen LogP contribution is 2.33. The van der Waals surface area contributed by atoms with E-state index in [4.69, 9.17) is 19.2 Å². The summed E-state index contributed by atoms with van der Waals surface area (Å²) < 4.78 is 18.0. The molecule has 2 amide bonds. The van der Waals surface area contributed by atoms with Crippen molar-refractivity contribution in [2.75, 3.05) is 45.7 Å². The number of hydrogen-bond donors (Lipinski definition) is 1. The Morgan fingerprint density at radius 2 is 1.84 bits per heavy atom. The van der Waals surface area contributed by atoms with Gasteiger partial charge in [-0.25, -0.2) is 9.78 Å². The topological polar surface area (TPSA) is 89.1 Å². The van der Waals surface area contributed by atoms with Crippen molar-refractivity contribution in [1.29, 1.82) is 0 Å². The van der Waals surface area contributed by atoms with Gasteiger partial charge in [-0.05, 0) is 49.3 Å². The van der Waals surface area contributed by atoms with Crippen molar-refractivity contribution in [3.05, 3.63) is 30.5 Å². The molecular weight excluding hydrogens is 470 g/mol. The quantitative estimate of drug-likeness (QED) is 0.590. The molecule has 1 saturated carbocycles. The smallest absolute Gasteiger partial charge is 0.319 e. The minimum absolute atomic E-state index is 0.00479. The van der Waals surface area contributed by atoms with Crippen LogP contribution in [0.4, 0.5) is 10.7 Å². The van der Waals surface area contributed by atoms with Gasteiger partial charge in [-0.1, -0.05) is 19.1 Å². The van der Waals surface area contributed by atoms with Crippen LogP contribution in [0.1, 0.15) is 45.4 Å². The normalized spacial score (nSPS) is 25.6. The molecule has 0 spiro atoms. The van der Waals surface area contributed by atoms with Crippen molar-refractivity contribution in [1.82, 2.24) is 19.8 Å². The zero-order valence-electron chi connectivity index (χ0n) is 22.2. The second-order valence-corrected chi connectivity index (χ2v) is 10.8. The Morgan fingerprint density at radius 1 is 1.05 bits per heavy atom. The number of nitrogens with one attached hydrogen (secondary N) is 1. The number of carbonyl (C=O) groups excluding carboxylic acids is 1. The summed E-state index contributed by atoms with van der Waals surface area (Å²) in [7, 11) is 3.55. The summed E-state index contributed by atoms with van der Waals surface area (Å²) in [6.45, 7) is 4.92. The van der Waals surface area contributed by atoms with E-state index in [2.05, 4.69) is 17.2 Å². The molecule has 200 valence electrons. The van der Waals surface area contributed by atoms with Crippen LogP contribution in [0.5, 0.6) is 11.6 Å². The summed E-state index contributed by atoms with van der Waals surface area (Å²) >= 11 is 0. The fourth-order valence-electron chi connectivity index (χ4n) is 5.26. The Morgan fingerprint density at radius 3 is 2.54 bits per heavy atom. The number of amides is 2. The van der Waals surface area contributed by atoms with Crippen molar-refractivity contribution >= 4 is 12.0 Å². The molecule has 1 aromatic carbocycles. The third-order valence-corrected chi connectivity index (χ3v) is 7.54. The number of benzene rings is 1. The molecule has 1 N–H and O–H groups in total. The lowest BCUT2D eigenvalue weighted by Crippen LogP contribution is -2.38. The number of aromatic nitrogens is 2. The number of ether oxygens (including phenoxy) is 3. The third kappa shape index (κ3) is 6.44. The van der Waals surface area contributed by atoms with Crippen LogP contribution in [0.15, 0.2) is 30.5 Å². The number of anilines is 1. The van der Waals surface area contributed by atoms with E-state index < -0.39 is 0 Å². The van der Waals surface area contributed by atoms with Gasteiger partial charge in [-0.15, -0.1) is 0 Å².